The van der Waals surface area contributed by atoms with Gasteiger partial charge in [-0.15, -0.1) is 0 Å². The smallest absolute Gasteiger partial charge is 0.223 e. The van der Waals surface area contributed by atoms with Gasteiger partial charge in [-0.05, 0) is 67.0 Å². The monoisotopic (exact) mass is 438 g/mol. The summed E-state index contributed by atoms with van der Waals surface area (Å²) < 4.78 is 10.8. The van der Waals surface area contributed by atoms with Gasteiger partial charge in [0.15, 0.2) is 11.5 Å². The Morgan fingerprint density at radius 2 is 1.75 bits per heavy atom. The molecule has 0 radical (unpaired) electrons. The van der Waals surface area contributed by atoms with Gasteiger partial charge in [0.2, 0.25) is 5.91 Å². The van der Waals surface area contributed by atoms with E-state index in [4.69, 9.17) is 9.47 Å². The quantitative estimate of drug-likeness (QED) is 0.553. The Bertz CT molecular complexity index is 939. The number of nitrogens with one attached hydrogen (secondary N) is 1. The van der Waals surface area contributed by atoms with Crippen LogP contribution in [0.15, 0.2) is 36.4 Å². The largest absolute Gasteiger partial charge is 0.506 e. The summed E-state index contributed by atoms with van der Waals surface area (Å²) in [5.41, 5.74) is 2.92. The second-order valence-corrected chi connectivity index (χ2v) is 8.99. The van der Waals surface area contributed by atoms with Crippen molar-refractivity contribution in [1.29, 1.82) is 0 Å². The molecule has 1 saturated heterocycles. The summed E-state index contributed by atoms with van der Waals surface area (Å²) in [5, 5.41) is 13.7. The topological polar surface area (TPSA) is 71.0 Å². The average Bonchev–Trinajstić information content (AvgIpc) is 3.45. The summed E-state index contributed by atoms with van der Waals surface area (Å²) in [6, 6.07) is 11.7. The maximum Gasteiger partial charge on any atom is 0.223 e. The van der Waals surface area contributed by atoms with Gasteiger partial charge >= 0.3 is 0 Å². The molecule has 1 unspecified atom stereocenters. The molecule has 6 nitrogen and oxygen atoms in total. The number of anilines is 1. The van der Waals surface area contributed by atoms with Crippen LogP contribution >= 0.6 is 0 Å². The van der Waals surface area contributed by atoms with Crippen LogP contribution in [0.25, 0.3) is 0 Å². The first-order valence-corrected chi connectivity index (χ1v) is 11.6. The second kappa shape index (κ2) is 10.2. The molecule has 1 heterocycles. The second-order valence-electron chi connectivity index (χ2n) is 8.99. The fourth-order valence-corrected chi connectivity index (χ4v) is 4.99. The van der Waals surface area contributed by atoms with Gasteiger partial charge in [0, 0.05) is 25.6 Å². The molecule has 32 heavy (non-hydrogen) atoms. The minimum Gasteiger partial charge on any atom is -0.506 e. The highest BCUT2D eigenvalue weighted by Gasteiger charge is 2.31. The van der Waals surface area contributed by atoms with E-state index in [-0.39, 0.29) is 17.7 Å². The predicted octanol–water partition coefficient (Wildman–Crippen LogP) is 4.75. The Kier molecular flexibility index (Phi) is 7.08. The van der Waals surface area contributed by atoms with E-state index in [0.717, 1.165) is 36.2 Å². The molecule has 2 N–H and O–H groups in total. The van der Waals surface area contributed by atoms with E-state index in [0.29, 0.717) is 30.4 Å². The molecule has 2 aliphatic rings. The number of amides is 1. The molecular formula is C26H34N2O4. The number of phenols is 1. The lowest BCUT2D eigenvalue weighted by Crippen LogP contribution is -2.33. The molecule has 1 aliphatic heterocycles. The van der Waals surface area contributed by atoms with E-state index in [2.05, 4.69) is 5.32 Å². The molecule has 1 saturated carbocycles. The van der Waals surface area contributed by atoms with Crippen LogP contribution in [-0.2, 0) is 17.8 Å². The normalized spacial score (nSPS) is 18.9. The number of benzene rings is 2. The number of likely N-dealkylation sites (tertiary alicyclic amines) is 1. The summed E-state index contributed by atoms with van der Waals surface area (Å²) >= 11 is 0. The molecule has 2 aromatic rings. The van der Waals surface area contributed by atoms with Gasteiger partial charge in [-0.3, -0.25) is 4.79 Å². The molecule has 0 aromatic heterocycles. The molecule has 1 amide bonds. The van der Waals surface area contributed by atoms with Crippen LogP contribution in [0.2, 0.25) is 0 Å². The highest BCUT2D eigenvalue weighted by Crippen LogP contribution is 2.32. The van der Waals surface area contributed by atoms with E-state index in [1.807, 2.05) is 35.2 Å². The Morgan fingerprint density at radius 3 is 2.50 bits per heavy atom. The van der Waals surface area contributed by atoms with Crippen molar-refractivity contribution in [1.82, 2.24) is 4.90 Å². The van der Waals surface area contributed by atoms with Gasteiger partial charge in [-0.2, -0.15) is 0 Å². The molecule has 0 spiro atoms. The lowest BCUT2D eigenvalue weighted by Gasteiger charge is -2.26. The van der Waals surface area contributed by atoms with Gasteiger partial charge in [-0.1, -0.05) is 25.0 Å². The van der Waals surface area contributed by atoms with E-state index in [9.17, 15) is 9.90 Å². The number of carbonyl (C=O) groups excluding carboxylic acids is 1. The first-order chi connectivity index (χ1) is 15.6. The van der Waals surface area contributed by atoms with Crippen LogP contribution in [0.3, 0.4) is 0 Å². The zero-order valence-electron chi connectivity index (χ0n) is 19.1. The van der Waals surface area contributed by atoms with Crippen molar-refractivity contribution in [3.8, 4) is 17.2 Å². The molecular weight excluding hydrogens is 404 g/mol. The summed E-state index contributed by atoms with van der Waals surface area (Å²) in [7, 11) is 3.26. The standard InChI is InChI=1S/C26H34N2O4/c1-31-24-11-8-19(15-25(24)32-2)13-21-9-12-26(30)28(21)17-20-7-10-23(29)22(14-20)27-16-18-5-3-4-6-18/h7-8,10-11,14-15,18,21,27,29H,3-6,9,12-13,16-17H2,1-2H3. The maximum atomic E-state index is 12.7. The van der Waals surface area contributed by atoms with E-state index in [1.54, 1.807) is 20.3 Å². The number of hydrogen-bond donors (Lipinski definition) is 2. The van der Waals surface area contributed by atoms with E-state index >= 15 is 0 Å². The maximum absolute atomic E-state index is 12.7. The Labute approximate surface area is 190 Å². The number of carbonyl (C=O) groups is 1. The molecule has 4 rings (SSSR count). The Hall–Kier alpha value is -2.89. The van der Waals surface area contributed by atoms with Crippen molar-refractivity contribution in [3.05, 3.63) is 47.5 Å². The number of methoxy groups -OCH3 is 2. The average molecular weight is 439 g/mol. The molecule has 2 fully saturated rings. The third kappa shape index (κ3) is 5.12. The van der Waals surface area contributed by atoms with Gasteiger partial charge in [0.1, 0.15) is 5.75 Å². The van der Waals surface area contributed by atoms with Crippen molar-refractivity contribution in [3.63, 3.8) is 0 Å². The first kappa shape index (κ1) is 22.3. The highest BCUT2D eigenvalue weighted by molar-refractivity contribution is 5.79. The minimum absolute atomic E-state index is 0.143. The van der Waals surface area contributed by atoms with Crippen molar-refractivity contribution >= 4 is 11.6 Å². The third-order valence-electron chi connectivity index (χ3n) is 6.84. The van der Waals surface area contributed by atoms with Crippen molar-refractivity contribution in [2.45, 2.75) is 57.5 Å². The number of nitrogens with zero attached hydrogens (tertiary/aromatic N) is 1. The molecule has 6 heteroatoms. The number of hydrogen-bond acceptors (Lipinski definition) is 5. The number of rotatable bonds is 9. The van der Waals surface area contributed by atoms with Crippen LogP contribution in [-0.4, -0.2) is 42.7 Å². The lowest BCUT2D eigenvalue weighted by atomic mass is 10.0. The number of phenolic OH excluding ortho intramolecular Hbond substituents is 1. The van der Waals surface area contributed by atoms with E-state index in [1.165, 1.54) is 25.7 Å². The molecule has 1 atom stereocenters. The molecule has 2 aromatic carbocycles. The summed E-state index contributed by atoms with van der Waals surface area (Å²) in [5.74, 6) is 2.55. The fourth-order valence-electron chi connectivity index (χ4n) is 4.99. The summed E-state index contributed by atoms with van der Waals surface area (Å²) in [4.78, 5) is 14.6. The van der Waals surface area contributed by atoms with Gasteiger partial charge in [0.25, 0.3) is 0 Å². The van der Waals surface area contributed by atoms with Gasteiger partial charge < -0.3 is 24.8 Å². The molecule has 0 bridgehead atoms. The number of aromatic hydroxyl groups is 1. The van der Waals surface area contributed by atoms with Crippen LogP contribution in [0.1, 0.15) is 49.7 Å². The lowest BCUT2D eigenvalue weighted by molar-refractivity contribution is -0.129. The predicted molar refractivity (Wildman–Crippen MR) is 125 cm³/mol. The summed E-state index contributed by atoms with van der Waals surface area (Å²) in [6.07, 6.45) is 7.31. The third-order valence-corrected chi connectivity index (χ3v) is 6.84. The Balaban J connectivity index is 1.44. The van der Waals surface area contributed by atoms with Crippen LogP contribution in [0.4, 0.5) is 5.69 Å². The van der Waals surface area contributed by atoms with Gasteiger partial charge in [-0.25, -0.2) is 0 Å². The van der Waals surface area contributed by atoms with E-state index < -0.39 is 0 Å². The van der Waals surface area contributed by atoms with Gasteiger partial charge in [0.05, 0.1) is 19.9 Å². The van der Waals surface area contributed by atoms with Crippen LogP contribution in [0.5, 0.6) is 17.2 Å². The first-order valence-electron chi connectivity index (χ1n) is 11.6. The Morgan fingerprint density at radius 1 is 1.00 bits per heavy atom. The van der Waals surface area contributed by atoms with Crippen LogP contribution in [0, 0.1) is 5.92 Å². The molecule has 1 aliphatic carbocycles. The number of ether oxygens (including phenoxy) is 2. The van der Waals surface area contributed by atoms with Crippen molar-refractivity contribution in [2.75, 3.05) is 26.1 Å². The van der Waals surface area contributed by atoms with Crippen molar-refractivity contribution in [2.24, 2.45) is 5.92 Å². The van der Waals surface area contributed by atoms with Crippen LogP contribution < -0.4 is 14.8 Å². The molecule has 172 valence electrons. The minimum atomic E-state index is 0.143. The summed E-state index contributed by atoms with van der Waals surface area (Å²) in [6.45, 7) is 1.44. The zero-order valence-corrected chi connectivity index (χ0v) is 19.1. The zero-order chi connectivity index (χ0) is 22.5. The highest BCUT2D eigenvalue weighted by atomic mass is 16.5. The SMILES string of the molecule is COc1ccc(CC2CCC(=O)N2Cc2ccc(O)c(NCC3CCCC3)c2)cc1OC. The van der Waals surface area contributed by atoms with Crippen molar-refractivity contribution < 1.29 is 19.4 Å². The fraction of sp³-hybridized carbons (Fsp3) is 0.500.